The molecule has 1 aromatic heterocycles. The van der Waals surface area contributed by atoms with Crippen molar-refractivity contribution in [3.05, 3.63) is 26.4 Å². The third-order valence-corrected chi connectivity index (χ3v) is 3.37. The minimum absolute atomic E-state index is 0.114. The van der Waals surface area contributed by atoms with E-state index in [0.29, 0.717) is 19.4 Å². The number of carbonyl (C=O) groups excluding carboxylic acids is 1. The van der Waals surface area contributed by atoms with Gasteiger partial charge in [-0.15, -0.1) is 0 Å². The first-order valence-corrected chi connectivity index (χ1v) is 7.81. The number of aromatic hydroxyl groups is 1. The average Bonchev–Trinajstić information content (AvgIpc) is 2.50. The van der Waals surface area contributed by atoms with Crippen LogP contribution in [0.1, 0.15) is 58.4 Å². The molecule has 0 atom stereocenters. The van der Waals surface area contributed by atoms with Crippen molar-refractivity contribution in [3.8, 4) is 5.88 Å². The molecule has 0 bridgehead atoms. The van der Waals surface area contributed by atoms with Crippen LogP contribution in [-0.2, 0) is 11.3 Å². The number of hydrogen-bond acceptors (Lipinski definition) is 5. The lowest BCUT2D eigenvalue weighted by atomic mass is 10.2. The molecule has 1 aromatic rings. The molecule has 1 heterocycles. The van der Waals surface area contributed by atoms with Gasteiger partial charge in [0.05, 0.1) is 5.71 Å². The topological polar surface area (TPSA) is 117 Å². The van der Waals surface area contributed by atoms with Crippen LogP contribution in [0.25, 0.3) is 0 Å². The standard InChI is InChI=1S/C15H24N4O4/c1-4-6-8-11(20)18-17-10(3)12-13(21)16-15(23)19(14(12)22)9-7-5-2/h22H,4-9H2,1-3H3,(H,18,20)(H,16,21,23). The van der Waals surface area contributed by atoms with Crippen molar-refractivity contribution in [2.24, 2.45) is 5.10 Å². The van der Waals surface area contributed by atoms with Crippen LogP contribution < -0.4 is 16.7 Å². The van der Waals surface area contributed by atoms with E-state index in [1.165, 1.54) is 6.92 Å². The third-order valence-electron chi connectivity index (χ3n) is 3.37. The molecule has 0 radical (unpaired) electrons. The predicted molar refractivity (Wildman–Crippen MR) is 87.8 cm³/mol. The van der Waals surface area contributed by atoms with E-state index in [4.69, 9.17) is 0 Å². The summed E-state index contributed by atoms with van der Waals surface area (Å²) in [5.74, 6) is -0.697. The Morgan fingerprint density at radius 3 is 2.52 bits per heavy atom. The number of hydrogen-bond donors (Lipinski definition) is 3. The van der Waals surface area contributed by atoms with E-state index in [0.717, 1.165) is 23.8 Å². The minimum atomic E-state index is -0.732. The van der Waals surface area contributed by atoms with E-state index in [1.807, 2.05) is 13.8 Å². The molecule has 0 aliphatic heterocycles. The molecule has 0 saturated heterocycles. The molecule has 0 unspecified atom stereocenters. The van der Waals surface area contributed by atoms with E-state index in [-0.39, 0.29) is 17.2 Å². The van der Waals surface area contributed by atoms with Crippen LogP contribution in [0.15, 0.2) is 14.7 Å². The average molecular weight is 324 g/mol. The molecule has 23 heavy (non-hydrogen) atoms. The highest BCUT2D eigenvalue weighted by Gasteiger charge is 2.16. The summed E-state index contributed by atoms with van der Waals surface area (Å²) in [6.07, 6.45) is 3.49. The molecular formula is C15H24N4O4. The van der Waals surface area contributed by atoms with E-state index in [2.05, 4.69) is 15.5 Å². The number of unbranched alkanes of at least 4 members (excludes halogenated alkanes) is 2. The molecule has 1 rings (SSSR count). The number of H-pyrrole nitrogens is 1. The quantitative estimate of drug-likeness (QED) is 0.490. The Bertz CT molecular complexity index is 688. The predicted octanol–water partition coefficient (Wildman–Crippen LogP) is 1.07. The summed E-state index contributed by atoms with van der Waals surface area (Å²) in [6.45, 7) is 5.70. The molecule has 0 saturated carbocycles. The van der Waals surface area contributed by atoms with Crippen molar-refractivity contribution in [2.45, 2.75) is 59.4 Å². The molecule has 0 aliphatic carbocycles. The summed E-state index contributed by atoms with van der Waals surface area (Å²) < 4.78 is 1.10. The van der Waals surface area contributed by atoms with Crippen molar-refractivity contribution >= 4 is 11.6 Å². The van der Waals surface area contributed by atoms with Crippen molar-refractivity contribution in [2.75, 3.05) is 0 Å². The second-order valence-electron chi connectivity index (χ2n) is 5.30. The van der Waals surface area contributed by atoms with E-state index in [9.17, 15) is 19.5 Å². The normalized spacial score (nSPS) is 11.5. The van der Waals surface area contributed by atoms with Gasteiger partial charge < -0.3 is 5.11 Å². The molecule has 3 N–H and O–H groups in total. The SMILES string of the molecule is CCCCC(=O)NN=C(C)c1c(O)n(CCCC)c(=O)[nH]c1=O. The van der Waals surface area contributed by atoms with Crippen molar-refractivity contribution in [3.63, 3.8) is 0 Å². The molecule has 0 aromatic carbocycles. The van der Waals surface area contributed by atoms with Crippen LogP contribution in [0.5, 0.6) is 5.88 Å². The summed E-state index contributed by atoms with van der Waals surface area (Å²) in [6, 6.07) is 0. The van der Waals surface area contributed by atoms with Crippen LogP contribution >= 0.6 is 0 Å². The molecule has 8 heteroatoms. The fraction of sp³-hybridized carbons (Fsp3) is 0.600. The maximum absolute atomic E-state index is 11.9. The van der Waals surface area contributed by atoms with E-state index in [1.54, 1.807) is 0 Å². The first-order valence-electron chi connectivity index (χ1n) is 7.81. The van der Waals surface area contributed by atoms with Crippen molar-refractivity contribution in [1.29, 1.82) is 0 Å². The number of amides is 1. The summed E-state index contributed by atoms with van der Waals surface area (Å²) in [7, 11) is 0. The van der Waals surface area contributed by atoms with E-state index < -0.39 is 17.1 Å². The van der Waals surface area contributed by atoms with Crippen LogP contribution in [-0.4, -0.2) is 26.3 Å². The van der Waals surface area contributed by atoms with Gasteiger partial charge in [0.2, 0.25) is 11.8 Å². The lowest BCUT2D eigenvalue weighted by Gasteiger charge is -2.10. The maximum atomic E-state index is 11.9. The molecule has 128 valence electrons. The zero-order valence-corrected chi connectivity index (χ0v) is 13.8. The zero-order chi connectivity index (χ0) is 17.4. The molecule has 1 amide bonds. The van der Waals surface area contributed by atoms with Gasteiger partial charge in [-0.25, -0.2) is 10.2 Å². The van der Waals surface area contributed by atoms with Gasteiger partial charge in [-0.05, 0) is 19.8 Å². The Balaban J connectivity index is 3.08. The van der Waals surface area contributed by atoms with Crippen molar-refractivity contribution < 1.29 is 9.90 Å². The summed E-state index contributed by atoms with van der Waals surface area (Å²) >= 11 is 0. The van der Waals surface area contributed by atoms with E-state index >= 15 is 0 Å². The summed E-state index contributed by atoms with van der Waals surface area (Å²) in [5.41, 5.74) is 0.974. The van der Waals surface area contributed by atoms with Gasteiger partial charge in [0.1, 0.15) is 5.56 Å². The number of rotatable bonds is 8. The molecular weight excluding hydrogens is 300 g/mol. The number of carbonyl (C=O) groups is 1. The van der Waals surface area contributed by atoms with Crippen molar-refractivity contribution in [1.82, 2.24) is 15.0 Å². The van der Waals surface area contributed by atoms with Gasteiger partial charge in [0.25, 0.3) is 5.56 Å². The number of aromatic nitrogens is 2. The highest BCUT2D eigenvalue weighted by molar-refractivity contribution is 6.00. The highest BCUT2D eigenvalue weighted by Crippen LogP contribution is 2.12. The van der Waals surface area contributed by atoms with Crippen LogP contribution in [0.4, 0.5) is 0 Å². The van der Waals surface area contributed by atoms with Gasteiger partial charge >= 0.3 is 5.69 Å². The summed E-state index contributed by atoms with van der Waals surface area (Å²) in [4.78, 5) is 37.4. The van der Waals surface area contributed by atoms with Crippen LogP contribution in [0.3, 0.4) is 0 Å². The molecule has 0 fully saturated rings. The van der Waals surface area contributed by atoms with Gasteiger partial charge in [-0.1, -0.05) is 26.7 Å². The molecule has 0 spiro atoms. The van der Waals surface area contributed by atoms with Crippen LogP contribution in [0, 0.1) is 0 Å². The monoisotopic (exact) mass is 324 g/mol. The smallest absolute Gasteiger partial charge is 0.331 e. The van der Waals surface area contributed by atoms with Gasteiger partial charge in [0.15, 0.2) is 0 Å². The fourth-order valence-corrected chi connectivity index (χ4v) is 2.00. The Hall–Kier alpha value is -2.38. The number of nitrogens with zero attached hydrogens (tertiary/aromatic N) is 2. The van der Waals surface area contributed by atoms with Gasteiger partial charge in [0, 0.05) is 13.0 Å². The first kappa shape index (κ1) is 18.7. The van der Waals surface area contributed by atoms with Gasteiger partial charge in [-0.3, -0.25) is 19.1 Å². The maximum Gasteiger partial charge on any atom is 0.331 e. The summed E-state index contributed by atoms with van der Waals surface area (Å²) in [5, 5.41) is 14.0. The molecule has 0 aliphatic rings. The minimum Gasteiger partial charge on any atom is -0.494 e. The first-order chi connectivity index (χ1) is 10.9. The highest BCUT2D eigenvalue weighted by atomic mass is 16.3. The Kier molecular flexibility index (Phi) is 7.24. The number of aromatic amines is 1. The number of nitrogens with one attached hydrogen (secondary N) is 2. The number of hydrazone groups is 1. The Morgan fingerprint density at radius 1 is 1.26 bits per heavy atom. The second kappa shape index (κ2) is 8.92. The molecule has 8 nitrogen and oxygen atoms in total. The lowest BCUT2D eigenvalue weighted by molar-refractivity contribution is -0.121. The fourth-order valence-electron chi connectivity index (χ4n) is 2.00. The van der Waals surface area contributed by atoms with Gasteiger partial charge in [-0.2, -0.15) is 5.10 Å². The second-order valence-corrected chi connectivity index (χ2v) is 5.30. The third kappa shape index (κ3) is 5.08. The lowest BCUT2D eigenvalue weighted by Crippen LogP contribution is -2.34. The Labute approximate surface area is 134 Å². The largest absolute Gasteiger partial charge is 0.494 e. The van der Waals surface area contributed by atoms with Crippen LogP contribution in [0.2, 0.25) is 0 Å². The Morgan fingerprint density at radius 2 is 1.91 bits per heavy atom. The zero-order valence-electron chi connectivity index (χ0n) is 13.8.